The molecule has 170 valence electrons. The zero-order valence-corrected chi connectivity index (χ0v) is 18.4. The number of rotatable bonds is 6. The van der Waals surface area contributed by atoms with Crippen molar-refractivity contribution in [3.8, 4) is 11.4 Å². The van der Waals surface area contributed by atoms with Gasteiger partial charge in [0.2, 0.25) is 0 Å². The normalized spacial score (nSPS) is 11.2. The molecule has 2 aromatic heterocycles. The van der Waals surface area contributed by atoms with Crippen LogP contribution in [0, 0.1) is 5.82 Å². The van der Waals surface area contributed by atoms with Crippen LogP contribution in [0.15, 0.2) is 53.6 Å². The number of nitrogen functional groups attached to an aromatic ring is 1. The van der Waals surface area contributed by atoms with Gasteiger partial charge in [-0.05, 0) is 49.7 Å². The average Bonchev–Trinajstić information content (AvgIpc) is 3.11. The van der Waals surface area contributed by atoms with Crippen LogP contribution in [0.1, 0.15) is 35.8 Å². The van der Waals surface area contributed by atoms with E-state index in [-0.39, 0.29) is 35.4 Å². The molecule has 0 saturated carbocycles. The molecule has 0 aliphatic heterocycles. The van der Waals surface area contributed by atoms with E-state index in [4.69, 9.17) is 10.5 Å². The monoisotopic (exact) mass is 450 g/mol. The lowest BCUT2D eigenvalue weighted by molar-refractivity contribution is 0.0947. The lowest BCUT2D eigenvalue weighted by Gasteiger charge is -2.10. The van der Waals surface area contributed by atoms with Crippen molar-refractivity contribution in [2.75, 3.05) is 12.8 Å². The van der Waals surface area contributed by atoms with E-state index in [0.29, 0.717) is 16.9 Å². The SMILES string of the molecule is COc1ccc(F)cc1C(=O)NCc1ccc(-n2c(=O)n(C(C)C)c3ncnc(N)c32)cc1. The Morgan fingerprint density at radius 1 is 1.18 bits per heavy atom. The molecule has 10 heteroatoms. The van der Waals surface area contributed by atoms with Crippen LogP contribution in [0.2, 0.25) is 0 Å². The molecule has 4 aromatic rings. The second kappa shape index (κ2) is 8.73. The van der Waals surface area contributed by atoms with Crippen LogP contribution >= 0.6 is 0 Å². The molecule has 0 bridgehead atoms. The Balaban J connectivity index is 1.61. The first-order chi connectivity index (χ1) is 15.8. The maximum absolute atomic E-state index is 13.6. The lowest BCUT2D eigenvalue weighted by atomic mass is 10.1. The number of nitrogens with one attached hydrogen (secondary N) is 1. The van der Waals surface area contributed by atoms with Crippen LogP contribution in [0.5, 0.6) is 5.75 Å². The lowest BCUT2D eigenvalue weighted by Crippen LogP contribution is -2.25. The summed E-state index contributed by atoms with van der Waals surface area (Å²) < 4.78 is 21.7. The Morgan fingerprint density at radius 3 is 2.58 bits per heavy atom. The number of aromatic nitrogens is 4. The largest absolute Gasteiger partial charge is 0.496 e. The van der Waals surface area contributed by atoms with Crippen molar-refractivity contribution >= 4 is 22.9 Å². The predicted octanol–water partition coefficient (Wildman–Crippen LogP) is 2.82. The highest BCUT2D eigenvalue weighted by atomic mass is 19.1. The highest BCUT2D eigenvalue weighted by molar-refractivity contribution is 5.96. The fourth-order valence-electron chi connectivity index (χ4n) is 3.67. The number of nitrogens with two attached hydrogens (primary N) is 1. The van der Waals surface area contributed by atoms with Gasteiger partial charge in [0.25, 0.3) is 5.91 Å². The minimum absolute atomic E-state index is 0.109. The molecule has 0 fully saturated rings. The molecule has 0 radical (unpaired) electrons. The Bertz CT molecular complexity index is 1390. The molecule has 9 nitrogen and oxygen atoms in total. The van der Waals surface area contributed by atoms with Gasteiger partial charge in [0.05, 0.1) is 18.4 Å². The standard InChI is InChI=1S/C23H23FN6O3/c1-13(2)29-21-19(20(25)27-12-28-21)30(23(29)32)16-7-4-14(5-8-16)11-26-22(31)17-10-15(24)6-9-18(17)33-3/h4-10,12-13H,11H2,1-3H3,(H,26,31)(H2,25,27,28). The fourth-order valence-corrected chi connectivity index (χ4v) is 3.67. The van der Waals surface area contributed by atoms with E-state index < -0.39 is 11.7 Å². The van der Waals surface area contributed by atoms with E-state index in [1.165, 1.54) is 30.1 Å². The molecule has 3 N–H and O–H groups in total. The number of imidazole rings is 1. The van der Waals surface area contributed by atoms with Gasteiger partial charge in [-0.2, -0.15) is 0 Å². The third-order valence-electron chi connectivity index (χ3n) is 5.25. The summed E-state index contributed by atoms with van der Waals surface area (Å²) in [4.78, 5) is 33.9. The topological polar surface area (TPSA) is 117 Å². The van der Waals surface area contributed by atoms with Crippen molar-refractivity contribution in [3.05, 3.63) is 76.2 Å². The summed E-state index contributed by atoms with van der Waals surface area (Å²) in [5.74, 6) is -0.502. The number of anilines is 1. The molecule has 0 aliphatic rings. The summed E-state index contributed by atoms with van der Waals surface area (Å²) in [6.07, 6.45) is 1.33. The van der Waals surface area contributed by atoms with Gasteiger partial charge in [0.1, 0.15) is 23.4 Å². The van der Waals surface area contributed by atoms with Crippen molar-refractivity contribution in [1.82, 2.24) is 24.4 Å². The van der Waals surface area contributed by atoms with Crippen LogP contribution in [0.3, 0.4) is 0 Å². The number of carbonyl (C=O) groups is 1. The first-order valence-electron chi connectivity index (χ1n) is 10.3. The van der Waals surface area contributed by atoms with Crippen LogP contribution in [0.25, 0.3) is 16.9 Å². The minimum Gasteiger partial charge on any atom is -0.496 e. The van der Waals surface area contributed by atoms with Gasteiger partial charge in [0, 0.05) is 12.6 Å². The maximum atomic E-state index is 13.6. The number of fused-ring (bicyclic) bond motifs is 1. The molecule has 0 unspecified atom stereocenters. The van der Waals surface area contributed by atoms with Crippen molar-refractivity contribution in [2.45, 2.75) is 26.4 Å². The first-order valence-corrected chi connectivity index (χ1v) is 10.3. The molecule has 4 rings (SSSR count). The third kappa shape index (κ3) is 4.02. The number of nitrogens with zero attached hydrogens (tertiary/aromatic N) is 4. The highest BCUT2D eigenvalue weighted by Crippen LogP contribution is 2.23. The fraction of sp³-hybridized carbons (Fsp3) is 0.217. The zero-order chi connectivity index (χ0) is 23.7. The Hall–Kier alpha value is -4.21. The molecule has 0 aliphatic carbocycles. The molecule has 2 heterocycles. The number of hydrogen-bond acceptors (Lipinski definition) is 6. The Kier molecular flexibility index (Phi) is 5.82. The Morgan fingerprint density at radius 2 is 1.91 bits per heavy atom. The number of halogens is 1. The van der Waals surface area contributed by atoms with Gasteiger partial charge < -0.3 is 15.8 Å². The summed E-state index contributed by atoms with van der Waals surface area (Å²) >= 11 is 0. The van der Waals surface area contributed by atoms with Gasteiger partial charge in [-0.15, -0.1) is 0 Å². The van der Waals surface area contributed by atoms with Gasteiger partial charge in [-0.1, -0.05) is 12.1 Å². The van der Waals surface area contributed by atoms with E-state index in [1.54, 1.807) is 28.8 Å². The first kappa shape index (κ1) is 22.0. The highest BCUT2D eigenvalue weighted by Gasteiger charge is 2.20. The van der Waals surface area contributed by atoms with E-state index >= 15 is 0 Å². The van der Waals surface area contributed by atoms with Crippen LogP contribution < -0.4 is 21.5 Å². The van der Waals surface area contributed by atoms with Crippen molar-refractivity contribution in [3.63, 3.8) is 0 Å². The van der Waals surface area contributed by atoms with E-state index in [0.717, 1.165) is 11.6 Å². The molecule has 1 amide bonds. The van der Waals surface area contributed by atoms with Crippen molar-refractivity contribution in [1.29, 1.82) is 0 Å². The zero-order valence-electron chi connectivity index (χ0n) is 18.4. The summed E-state index contributed by atoms with van der Waals surface area (Å²) in [7, 11) is 1.42. The summed E-state index contributed by atoms with van der Waals surface area (Å²) in [5, 5.41) is 2.75. The molecule has 0 spiro atoms. The van der Waals surface area contributed by atoms with E-state index in [2.05, 4.69) is 15.3 Å². The molecular formula is C23H23FN6O3. The van der Waals surface area contributed by atoms with Crippen LogP contribution in [0.4, 0.5) is 10.2 Å². The molecule has 2 aromatic carbocycles. The van der Waals surface area contributed by atoms with E-state index in [1.807, 2.05) is 13.8 Å². The average molecular weight is 450 g/mol. The summed E-state index contributed by atoms with van der Waals surface area (Å²) in [6, 6.07) is 10.7. The number of hydrogen-bond donors (Lipinski definition) is 2. The second-order valence-electron chi connectivity index (χ2n) is 7.71. The predicted molar refractivity (Wildman–Crippen MR) is 122 cm³/mol. The number of methoxy groups -OCH3 is 1. The van der Waals surface area contributed by atoms with Gasteiger partial charge in [-0.3, -0.25) is 13.9 Å². The van der Waals surface area contributed by atoms with Crippen molar-refractivity contribution < 1.29 is 13.9 Å². The van der Waals surface area contributed by atoms with Gasteiger partial charge >= 0.3 is 5.69 Å². The number of ether oxygens (including phenoxy) is 1. The number of carbonyl (C=O) groups excluding carboxylic acids is 1. The third-order valence-corrected chi connectivity index (χ3v) is 5.25. The Labute approximate surface area is 188 Å². The molecule has 0 atom stereocenters. The molecule has 33 heavy (non-hydrogen) atoms. The minimum atomic E-state index is -0.528. The second-order valence-corrected chi connectivity index (χ2v) is 7.71. The number of benzene rings is 2. The van der Waals surface area contributed by atoms with Crippen LogP contribution in [-0.4, -0.2) is 32.1 Å². The quantitative estimate of drug-likeness (QED) is 0.467. The van der Waals surface area contributed by atoms with Crippen molar-refractivity contribution in [2.24, 2.45) is 0 Å². The maximum Gasteiger partial charge on any atom is 0.335 e. The van der Waals surface area contributed by atoms with Gasteiger partial charge in [0.15, 0.2) is 11.5 Å². The van der Waals surface area contributed by atoms with E-state index in [9.17, 15) is 14.0 Å². The number of amides is 1. The van der Waals surface area contributed by atoms with Crippen LogP contribution in [-0.2, 0) is 6.54 Å². The smallest absolute Gasteiger partial charge is 0.335 e. The molecule has 0 saturated heterocycles. The van der Waals surface area contributed by atoms with Gasteiger partial charge in [-0.25, -0.2) is 19.2 Å². The summed E-state index contributed by atoms with van der Waals surface area (Å²) in [5.41, 5.74) is 8.18. The molecular weight excluding hydrogens is 427 g/mol. The summed E-state index contributed by atoms with van der Waals surface area (Å²) in [6.45, 7) is 3.98.